The van der Waals surface area contributed by atoms with Gasteiger partial charge in [0.15, 0.2) is 4.34 Å². The molecule has 0 aliphatic heterocycles. The third-order valence-corrected chi connectivity index (χ3v) is 5.38. The Hall–Kier alpha value is -0.910. The molecule has 2 rings (SSSR count). The summed E-state index contributed by atoms with van der Waals surface area (Å²) < 4.78 is 1.06. The van der Waals surface area contributed by atoms with Crippen LogP contribution in [0.1, 0.15) is 42.4 Å². The minimum Gasteiger partial charge on any atom is -0.309 e. The van der Waals surface area contributed by atoms with Crippen molar-refractivity contribution in [2.24, 2.45) is 0 Å². The minimum atomic E-state index is 0.366. The van der Waals surface area contributed by atoms with Gasteiger partial charge in [0.1, 0.15) is 5.01 Å². The molecule has 0 bridgehead atoms. The first kappa shape index (κ1) is 16.5. The molecule has 0 aliphatic rings. The highest BCUT2D eigenvalue weighted by atomic mass is 32.2. The number of benzene rings is 1. The zero-order chi connectivity index (χ0) is 15.1. The highest BCUT2D eigenvalue weighted by Gasteiger charge is 2.12. The highest BCUT2D eigenvalue weighted by molar-refractivity contribution is 8.01. The van der Waals surface area contributed by atoms with E-state index in [1.807, 2.05) is 6.92 Å². The summed E-state index contributed by atoms with van der Waals surface area (Å²) in [4.78, 5) is 0. The van der Waals surface area contributed by atoms with E-state index in [0.717, 1.165) is 34.5 Å². The van der Waals surface area contributed by atoms with E-state index in [0.29, 0.717) is 6.04 Å². The number of thioether (sulfide) groups is 1. The van der Waals surface area contributed by atoms with Gasteiger partial charge in [-0.25, -0.2) is 0 Å². The third-order valence-electron chi connectivity index (χ3n) is 3.31. The van der Waals surface area contributed by atoms with Crippen molar-refractivity contribution in [1.29, 1.82) is 0 Å². The van der Waals surface area contributed by atoms with E-state index in [1.54, 1.807) is 23.1 Å². The molecule has 0 radical (unpaired) electrons. The smallest absolute Gasteiger partial charge is 0.174 e. The van der Waals surface area contributed by atoms with Gasteiger partial charge in [0.05, 0.1) is 0 Å². The Morgan fingerprint density at radius 3 is 2.52 bits per heavy atom. The van der Waals surface area contributed by atoms with Gasteiger partial charge in [-0.15, -0.1) is 10.2 Å². The number of hydrogen-bond acceptors (Lipinski definition) is 5. The average Bonchev–Trinajstić information content (AvgIpc) is 2.93. The van der Waals surface area contributed by atoms with Crippen molar-refractivity contribution in [3.8, 4) is 0 Å². The second kappa shape index (κ2) is 8.51. The van der Waals surface area contributed by atoms with Crippen LogP contribution in [-0.2, 0) is 6.42 Å². The number of nitrogens with one attached hydrogen (secondary N) is 1. The molecule has 1 heterocycles. The molecule has 1 atom stereocenters. The molecular weight excluding hydrogens is 298 g/mol. The number of nitrogens with zero attached hydrogens (tertiary/aromatic N) is 2. The molecule has 0 fully saturated rings. The molecule has 0 saturated heterocycles. The van der Waals surface area contributed by atoms with E-state index >= 15 is 0 Å². The van der Waals surface area contributed by atoms with E-state index < -0.39 is 0 Å². The second-order valence-corrected chi connectivity index (χ2v) is 7.45. The van der Waals surface area contributed by atoms with Gasteiger partial charge in [-0.05, 0) is 37.4 Å². The van der Waals surface area contributed by atoms with Crippen molar-refractivity contribution in [2.45, 2.75) is 44.0 Å². The molecule has 21 heavy (non-hydrogen) atoms. The fourth-order valence-corrected chi connectivity index (χ4v) is 4.00. The SMILES string of the molecule is CCCNC(CSc1nnc(C)s1)c1ccc(CC)cc1. The van der Waals surface area contributed by atoms with Gasteiger partial charge in [0.25, 0.3) is 0 Å². The third kappa shape index (κ3) is 5.09. The summed E-state index contributed by atoms with van der Waals surface area (Å²) in [6.07, 6.45) is 2.23. The van der Waals surface area contributed by atoms with E-state index in [9.17, 15) is 0 Å². The number of aryl methyl sites for hydroxylation is 2. The first-order chi connectivity index (χ1) is 10.2. The van der Waals surface area contributed by atoms with Crippen LogP contribution < -0.4 is 5.32 Å². The molecular formula is C16H23N3S2. The Kier molecular flexibility index (Phi) is 6.67. The molecule has 1 aromatic heterocycles. The van der Waals surface area contributed by atoms with Crippen LogP contribution in [-0.4, -0.2) is 22.5 Å². The average molecular weight is 322 g/mol. The summed E-state index contributed by atoms with van der Waals surface area (Å²) in [5, 5.41) is 12.9. The zero-order valence-corrected chi connectivity index (χ0v) is 14.6. The lowest BCUT2D eigenvalue weighted by Crippen LogP contribution is -2.24. The summed E-state index contributed by atoms with van der Waals surface area (Å²) >= 11 is 3.45. The fraction of sp³-hybridized carbons (Fsp3) is 0.500. The molecule has 1 aromatic carbocycles. The Bertz CT molecular complexity index is 537. The van der Waals surface area contributed by atoms with Gasteiger partial charge >= 0.3 is 0 Å². The predicted octanol–water partition coefficient (Wildman–Crippen LogP) is 4.24. The predicted molar refractivity (Wildman–Crippen MR) is 92.2 cm³/mol. The van der Waals surface area contributed by atoms with Gasteiger partial charge in [-0.3, -0.25) is 0 Å². The number of rotatable bonds is 8. The van der Waals surface area contributed by atoms with Crippen LogP contribution in [0, 0.1) is 6.92 Å². The van der Waals surface area contributed by atoms with Gasteiger partial charge in [0.2, 0.25) is 0 Å². The summed E-state index contributed by atoms with van der Waals surface area (Å²) in [6, 6.07) is 9.33. The quantitative estimate of drug-likeness (QED) is 0.738. The molecule has 0 saturated carbocycles. The van der Waals surface area contributed by atoms with E-state index in [2.05, 4.69) is 53.6 Å². The first-order valence-electron chi connectivity index (χ1n) is 7.48. The molecule has 2 aromatic rings. The normalized spacial score (nSPS) is 12.5. The molecule has 3 nitrogen and oxygen atoms in total. The van der Waals surface area contributed by atoms with Crippen molar-refractivity contribution in [3.05, 3.63) is 40.4 Å². The van der Waals surface area contributed by atoms with Crippen LogP contribution >= 0.6 is 23.1 Å². The van der Waals surface area contributed by atoms with Crippen LogP contribution in [0.4, 0.5) is 0 Å². The van der Waals surface area contributed by atoms with Crippen LogP contribution in [0.15, 0.2) is 28.6 Å². The lowest BCUT2D eigenvalue weighted by atomic mass is 10.0. The Balaban J connectivity index is 2.01. The Morgan fingerprint density at radius 2 is 1.95 bits per heavy atom. The van der Waals surface area contributed by atoms with Gasteiger partial charge < -0.3 is 5.32 Å². The van der Waals surface area contributed by atoms with Crippen molar-refractivity contribution in [3.63, 3.8) is 0 Å². The van der Waals surface area contributed by atoms with Crippen molar-refractivity contribution in [2.75, 3.05) is 12.3 Å². The monoisotopic (exact) mass is 321 g/mol. The molecule has 0 spiro atoms. The van der Waals surface area contributed by atoms with Gasteiger partial charge in [-0.1, -0.05) is 61.2 Å². The van der Waals surface area contributed by atoms with Gasteiger partial charge in [0, 0.05) is 11.8 Å². The maximum absolute atomic E-state index is 4.19. The largest absolute Gasteiger partial charge is 0.309 e. The lowest BCUT2D eigenvalue weighted by molar-refractivity contribution is 0.577. The van der Waals surface area contributed by atoms with Crippen LogP contribution in [0.3, 0.4) is 0 Å². The van der Waals surface area contributed by atoms with Gasteiger partial charge in [-0.2, -0.15) is 0 Å². The second-order valence-electron chi connectivity index (χ2n) is 5.00. The molecule has 0 amide bonds. The summed E-state index contributed by atoms with van der Waals surface area (Å²) in [7, 11) is 0. The minimum absolute atomic E-state index is 0.366. The molecule has 114 valence electrons. The zero-order valence-electron chi connectivity index (χ0n) is 12.9. The number of hydrogen-bond donors (Lipinski definition) is 1. The van der Waals surface area contributed by atoms with Crippen molar-refractivity contribution >= 4 is 23.1 Å². The van der Waals surface area contributed by atoms with Crippen molar-refractivity contribution in [1.82, 2.24) is 15.5 Å². The fourth-order valence-electron chi connectivity index (χ4n) is 2.07. The molecule has 0 aliphatic carbocycles. The van der Waals surface area contributed by atoms with Crippen LogP contribution in [0.5, 0.6) is 0 Å². The first-order valence-corrected chi connectivity index (χ1v) is 9.28. The maximum Gasteiger partial charge on any atom is 0.174 e. The van der Waals surface area contributed by atoms with E-state index in [4.69, 9.17) is 0 Å². The van der Waals surface area contributed by atoms with Crippen molar-refractivity contribution < 1.29 is 0 Å². The van der Waals surface area contributed by atoms with E-state index in [-0.39, 0.29) is 0 Å². The Morgan fingerprint density at radius 1 is 1.19 bits per heavy atom. The number of aromatic nitrogens is 2. The highest BCUT2D eigenvalue weighted by Crippen LogP contribution is 2.27. The summed E-state index contributed by atoms with van der Waals surface area (Å²) in [6.45, 7) is 7.43. The topological polar surface area (TPSA) is 37.8 Å². The van der Waals surface area contributed by atoms with Crippen LogP contribution in [0.2, 0.25) is 0 Å². The summed E-state index contributed by atoms with van der Waals surface area (Å²) in [5.41, 5.74) is 2.75. The maximum atomic E-state index is 4.19. The molecule has 1 unspecified atom stereocenters. The lowest BCUT2D eigenvalue weighted by Gasteiger charge is -2.18. The molecule has 5 heteroatoms. The Labute approximate surface area is 135 Å². The van der Waals surface area contributed by atoms with E-state index in [1.165, 1.54) is 11.1 Å². The summed E-state index contributed by atoms with van der Waals surface area (Å²) in [5.74, 6) is 0.986. The molecule has 1 N–H and O–H groups in total. The van der Waals surface area contributed by atoms with Crippen LogP contribution in [0.25, 0.3) is 0 Å². The standard InChI is InChI=1S/C16H23N3S2/c1-4-10-17-15(11-20-16-19-18-12(3)21-16)14-8-6-13(5-2)7-9-14/h6-9,15,17H,4-5,10-11H2,1-3H3.